The number of carbonyl (C=O) groups excluding carboxylic acids is 1. The number of ketones is 1. The van der Waals surface area contributed by atoms with Gasteiger partial charge in [-0.25, -0.2) is 0 Å². The molecule has 0 aliphatic carbocycles. The average Bonchev–Trinajstić information content (AvgIpc) is 2.79. The molecule has 11 heteroatoms. The van der Waals surface area contributed by atoms with Crippen LogP contribution < -0.4 is 0 Å². The minimum Gasteiger partial charge on any atom is -0.377 e. The second-order valence-corrected chi connectivity index (χ2v) is 10.8. The minimum atomic E-state index is -3.84. The Morgan fingerprint density at radius 2 is 1.06 bits per heavy atom. The van der Waals surface area contributed by atoms with Crippen LogP contribution in [-0.2, 0) is 42.9 Å². The zero-order valence-electron chi connectivity index (χ0n) is 20.6. The number of hydrogen-bond donors (Lipinski definition) is 0. The zero-order valence-corrected chi connectivity index (χ0v) is 22.2. The van der Waals surface area contributed by atoms with Gasteiger partial charge in [0.1, 0.15) is 6.61 Å². The molecule has 0 aliphatic rings. The zero-order chi connectivity index (χ0) is 26.3. The second-order valence-electron chi connectivity index (χ2n) is 7.55. The normalized spacial score (nSPS) is 11.5. The van der Waals surface area contributed by atoms with Gasteiger partial charge < -0.3 is 9.47 Å². The van der Waals surface area contributed by atoms with E-state index in [4.69, 9.17) is 17.8 Å². The van der Waals surface area contributed by atoms with Crippen molar-refractivity contribution in [3.05, 3.63) is 59.7 Å². The fraction of sp³-hybridized carbons (Fsp3) is 0.458. The summed E-state index contributed by atoms with van der Waals surface area (Å²) < 4.78 is 67.6. The molecule has 0 saturated carbocycles. The van der Waals surface area contributed by atoms with Crippen LogP contribution in [0.25, 0.3) is 0 Å². The molecule has 196 valence electrons. The summed E-state index contributed by atoms with van der Waals surface area (Å²) in [6.45, 7) is 7.82. The van der Waals surface area contributed by atoms with Gasteiger partial charge in [-0.3, -0.25) is 13.2 Å². The van der Waals surface area contributed by atoms with Crippen molar-refractivity contribution in [2.75, 3.05) is 39.6 Å². The van der Waals surface area contributed by atoms with Gasteiger partial charge in [-0.05, 0) is 51.5 Å². The highest BCUT2D eigenvalue weighted by Crippen LogP contribution is 2.14. The number of Topliss-reactive ketones (excluding diaryl/α,β-unsaturated/α-hetero) is 1. The molecule has 0 aliphatic heterocycles. The number of rotatable bonds is 14. The molecule has 2 rings (SSSR count). The number of hydrogen-bond acceptors (Lipinski definition) is 9. The topological polar surface area (TPSA) is 122 Å². The van der Waals surface area contributed by atoms with E-state index in [9.17, 15) is 21.6 Å². The van der Waals surface area contributed by atoms with Gasteiger partial charge in [0.25, 0.3) is 20.2 Å². The van der Waals surface area contributed by atoms with Gasteiger partial charge in [0, 0.05) is 6.61 Å². The summed E-state index contributed by atoms with van der Waals surface area (Å²) in [5.74, 6) is 0.0958. The van der Waals surface area contributed by atoms with Crippen molar-refractivity contribution in [3.63, 3.8) is 0 Å². The van der Waals surface area contributed by atoms with Crippen molar-refractivity contribution in [2.24, 2.45) is 0 Å². The van der Waals surface area contributed by atoms with E-state index in [1.165, 1.54) is 31.2 Å². The van der Waals surface area contributed by atoms with Crippen LogP contribution in [0.5, 0.6) is 0 Å². The van der Waals surface area contributed by atoms with E-state index in [-0.39, 0.29) is 48.6 Å². The number of ether oxygens (including phenoxy) is 2. The minimum absolute atomic E-state index is 0.0149. The van der Waals surface area contributed by atoms with Crippen molar-refractivity contribution in [1.29, 1.82) is 0 Å². The Bertz CT molecular complexity index is 1010. The largest absolute Gasteiger partial charge is 0.377 e. The third kappa shape index (κ3) is 12.9. The summed E-state index contributed by atoms with van der Waals surface area (Å²) in [4.78, 5) is 10.3. The Labute approximate surface area is 208 Å². The maximum Gasteiger partial charge on any atom is 0.297 e. The maximum atomic E-state index is 12.0. The second kappa shape index (κ2) is 15.8. The quantitative estimate of drug-likeness (QED) is 0.267. The summed E-state index contributed by atoms with van der Waals surface area (Å²) in [6, 6.07) is 12.6. The molecule has 0 unspecified atom stereocenters. The van der Waals surface area contributed by atoms with Gasteiger partial charge in [0.05, 0.1) is 36.2 Å². The monoisotopic (exact) mass is 530 g/mol. The smallest absolute Gasteiger partial charge is 0.297 e. The maximum absolute atomic E-state index is 12.0. The lowest BCUT2D eigenvalue weighted by Crippen LogP contribution is -2.15. The van der Waals surface area contributed by atoms with Crippen LogP contribution in [-0.4, -0.2) is 62.3 Å². The standard InChI is InChI=1S/C18H22O7S2.C6H12O2/c1-15-3-7-17(8-4-15)26(19,20)24-13-11-23-12-14-25-27(21,22)18-9-5-16(2)6-10-18;1-3-4-8-5-6(2)7/h3-10H,11-14H2,1-2H3;3-5H2,1-2H3. The van der Waals surface area contributed by atoms with Gasteiger partial charge in [0.15, 0.2) is 5.78 Å². The number of carbonyl (C=O) groups is 1. The molecule has 35 heavy (non-hydrogen) atoms. The lowest BCUT2D eigenvalue weighted by atomic mass is 10.2. The summed E-state index contributed by atoms with van der Waals surface area (Å²) in [5.41, 5.74) is 1.88. The Hall–Kier alpha value is -2.15. The van der Waals surface area contributed by atoms with Gasteiger partial charge in [-0.2, -0.15) is 16.8 Å². The molecule has 0 spiro atoms. The highest BCUT2D eigenvalue weighted by molar-refractivity contribution is 7.87. The Morgan fingerprint density at radius 3 is 1.40 bits per heavy atom. The molecule has 0 fully saturated rings. The van der Waals surface area contributed by atoms with E-state index in [1.807, 2.05) is 20.8 Å². The van der Waals surface area contributed by atoms with E-state index in [0.29, 0.717) is 6.61 Å². The molecule has 2 aromatic carbocycles. The SMILES string of the molecule is CCCOCC(C)=O.Cc1ccc(S(=O)(=O)OCCOCCOS(=O)(=O)c2ccc(C)cc2)cc1. The first kappa shape index (κ1) is 30.9. The van der Waals surface area contributed by atoms with Gasteiger partial charge in [-0.1, -0.05) is 42.3 Å². The van der Waals surface area contributed by atoms with Crippen molar-refractivity contribution < 1.29 is 39.5 Å². The first-order chi connectivity index (χ1) is 16.5. The van der Waals surface area contributed by atoms with Crippen molar-refractivity contribution in [3.8, 4) is 0 Å². The fourth-order valence-corrected chi connectivity index (χ4v) is 4.20. The summed E-state index contributed by atoms with van der Waals surface area (Å²) in [5, 5.41) is 0. The van der Waals surface area contributed by atoms with Crippen LogP contribution in [0.2, 0.25) is 0 Å². The lowest BCUT2D eigenvalue weighted by Gasteiger charge is -2.08. The van der Waals surface area contributed by atoms with E-state index in [2.05, 4.69) is 0 Å². The van der Waals surface area contributed by atoms with Crippen molar-refractivity contribution >= 4 is 26.0 Å². The Kier molecular flexibility index (Phi) is 13.9. The molecule has 0 saturated heterocycles. The van der Waals surface area contributed by atoms with Gasteiger partial charge >= 0.3 is 0 Å². The number of aryl methyl sites for hydroxylation is 2. The predicted octanol–water partition coefficient (Wildman–Crippen LogP) is 3.43. The van der Waals surface area contributed by atoms with Crippen LogP contribution in [0.4, 0.5) is 0 Å². The van der Waals surface area contributed by atoms with Crippen LogP contribution in [0.3, 0.4) is 0 Å². The van der Waals surface area contributed by atoms with Gasteiger partial charge in [-0.15, -0.1) is 0 Å². The molecule has 0 amide bonds. The van der Waals surface area contributed by atoms with Crippen LogP contribution in [0.1, 0.15) is 31.4 Å². The Morgan fingerprint density at radius 1 is 0.657 bits per heavy atom. The lowest BCUT2D eigenvalue weighted by molar-refractivity contribution is -0.121. The molecular weight excluding hydrogens is 496 g/mol. The third-order valence-electron chi connectivity index (χ3n) is 4.21. The molecule has 0 atom stereocenters. The Balaban J connectivity index is 0.000000658. The predicted molar refractivity (Wildman–Crippen MR) is 131 cm³/mol. The number of benzene rings is 2. The summed E-state index contributed by atoms with van der Waals surface area (Å²) in [6.07, 6.45) is 0.979. The summed E-state index contributed by atoms with van der Waals surface area (Å²) >= 11 is 0. The van der Waals surface area contributed by atoms with Crippen LogP contribution in [0, 0.1) is 13.8 Å². The average molecular weight is 531 g/mol. The van der Waals surface area contributed by atoms with E-state index in [0.717, 1.165) is 17.5 Å². The van der Waals surface area contributed by atoms with Crippen LogP contribution in [0.15, 0.2) is 58.3 Å². The van der Waals surface area contributed by atoms with E-state index in [1.54, 1.807) is 24.3 Å². The first-order valence-corrected chi connectivity index (χ1v) is 13.9. The molecular formula is C24H34O9S2. The molecule has 0 aromatic heterocycles. The van der Waals surface area contributed by atoms with E-state index >= 15 is 0 Å². The highest BCUT2D eigenvalue weighted by atomic mass is 32.2. The van der Waals surface area contributed by atoms with E-state index < -0.39 is 20.2 Å². The highest BCUT2D eigenvalue weighted by Gasteiger charge is 2.16. The van der Waals surface area contributed by atoms with Crippen LogP contribution >= 0.6 is 0 Å². The third-order valence-corrected chi connectivity index (χ3v) is 6.86. The molecule has 0 heterocycles. The van der Waals surface area contributed by atoms with Crippen molar-refractivity contribution in [1.82, 2.24) is 0 Å². The first-order valence-electron chi connectivity index (χ1n) is 11.0. The molecule has 0 N–H and O–H groups in total. The molecule has 2 aromatic rings. The summed E-state index contributed by atoms with van der Waals surface area (Å²) in [7, 11) is -7.68. The van der Waals surface area contributed by atoms with Gasteiger partial charge in [0.2, 0.25) is 0 Å². The molecule has 0 radical (unpaired) electrons. The van der Waals surface area contributed by atoms with Crippen molar-refractivity contribution in [2.45, 2.75) is 43.9 Å². The molecule has 9 nitrogen and oxygen atoms in total. The fourth-order valence-electron chi connectivity index (χ4n) is 2.41. The molecule has 0 bridgehead atoms.